The lowest BCUT2D eigenvalue weighted by molar-refractivity contribution is -0.327. The van der Waals surface area contributed by atoms with E-state index in [0.29, 0.717) is 5.56 Å². The first-order valence-electron chi connectivity index (χ1n) is 15.2. The maximum absolute atomic E-state index is 13.1. The normalized spacial score (nSPS) is 35.7. The van der Waals surface area contributed by atoms with E-state index in [-0.39, 0.29) is 11.1 Å². The van der Waals surface area contributed by atoms with Crippen molar-refractivity contribution in [2.45, 2.75) is 81.0 Å². The molecule has 0 aromatic heterocycles. The Balaban J connectivity index is 1.41. The van der Waals surface area contributed by atoms with E-state index in [1.807, 2.05) is 0 Å². The third kappa shape index (κ3) is 9.08. The van der Waals surface area contributed by atoms with Gasteiger partial charge in [-0.3, -0.25) is 4.79 Å². The number of hydrogen-bond donors (Lipinski definition) is 7. The molecule has 3 aliphatic heterocycles. The highest BCUT2D eigenvalue weighted by Crippen LogP contribution is 2.36. The number of aliphatic hydroxyl groups excluding tert-OH is 7. The average Bonchev–Trinajstić information content (AvgIpc) is 3.10. The third-order valence-electron chi connectivity index (χ3n) is 8.12. The van der Waals surface area contributed by atoms with Gasteiger partial charge >= 0.3 is 17.9 Å². The molecular weight excluding hydrogens is 656 g/mol. The molecule has 3 heterocycles. The summed E-state index contributed by atoms with van der Waals surface area (Å²) in [7, 11) is 1.10. The summed E-state index contributed by atoms with van der Waals surface area (Å²) in [6.07, 6.45) is -13.6. The fraction of sp³-hybridized carbons (Fsp3) is 0.531. The molecule has 1 aromatic rings. The highest BCUT2D eigenvalue weighted by Gasteiger charge is 2.48. The van der Waals surface area contributed by atoms with E-state index < -0.39 is 111 Å². The van der Waals surface area contributed by atoms with Crippen LogP contribution in [-0.4, -0.2) is 142 Å². The van der Waals surface area contributed by atoms with Gasteiger partial charge in [-0.15, -0.1) is 0 Å². The molecule has 1 aromatic carbocycles. The van der Waals surface area contributed by atoms with Gasteiger partial charge in [0.2, 0.25) is 12.6 Å². The molecule has 0 bridgehead atoms. The van der Waals surface area contributed by atoms with Crippen LogP contribution in [0.4, 0.5) is 0 Å². The summed E-state index contributed by atoms with van der Waals surface area (Å²) in [6.45, 7) is 0.155. The van der Waals surface area contributed by atoms with Gasteiger partial charge in [-0.25, -0.2) is 9.59 Å². The van der Waals surface area contributed by atoms with Crippen molar-refractivity contribution in [1.29, 1.82) is 0 Å². The lowest BCUT2D eigenvalue weighted by atomic mass is 9.86. The van der Waals surface area contributed by atoms with E-state index in [1.54, 1.807) is 30.3 Å². The lowest BCUT2D eigenvalue weighted by Crippen LogP contribution is -2.60. The first-order valence-corrected chi connectivity index (χ1v) is 15.2. The topological polar surface area (TPSA) is 257 Å². The number of carbonyl (C=O) groups excluding carboxylic acids is 3. The zero-order valence-corrected chi connectivity index (χ0v) is 26.5. The van der Waals surface area contributed by atoms with Gasteiger partial charge in [0.05, 0.1) is 32.0 Å². The van der Waals surface area contributed by atoms with Crippen molar-refractivity contribution in [1.82, 2.24) is 0 Å². The van der Waals surface area contributed by atoms with Crippen molar-refractivity contribution >= 4 is 24.0 Å². The molecule has 3 aliphatic rings. The van der Waals surface area contributed by atoms with Crippen LogP contribution in [0, 0.1) is 5.92 Å². The molecule has 0 radical (unpaired) electrons. The van der Waals surface area contributed by atoms with E-state index in [0.717, 1.165) is 19.4 Å². The molecule has 7 N–H and O–H groups in total. The Morgan fingerprint density at radius 2 is 1.49 bits per heavy atom. The predicted octanol–water partition coefficient (Wildman–Crippen LogP) is -2.22. The molecule has 2 saturated heterocycles. The van der Waals surface area contributed by atoms with E-state index in [9.17, 15) is 50.1 Å². The fourth-order valence-electron chi connectivity index (χ4n) is 5.36. The highest BCUT2D eigenvalue weighted by molar-refractivity contribution is 5.90. The molecular formula is C32H40O17. The third-order valence-corrected chi connectivity index (χ3v) is 8.12. The lowest BCUT2D eigenvalue weighted by Gasteiger charge is -2.42. The van der Waals surface area contributed by atoms with Crippen LogP contribution in [0.3, 0.4) is 0 Å². The van der Waals surface area contributed by atoms with Crippen molar-refractivity contribution in [3.63, 3.8) is 0 Å². The maximum atomic E-state index is 13.1. The zero-order chi connectivity index (χ0) is 35.8. The second kappa shape index (κ2) is 17.3. The van der Waals surface area contributed by atoms with Crippen molar-refractivity contribution < 1.29 is 83.3 Å². The van der Waals surface area contributed by atoms with E-state index in [1.165, 1.54) is 19.1 Å². The van der Waals surface area contributed by atoms with Crippen molar-refractivity contribution in [3.05, 3.63) is 65.5 Å². The van der Waals surface area contributed by atoms with E-state index >= 15 is 0 Å². The van der Waals surface area contributed by atoms with Crippen molar-refractivity contribution in [2.24, 2.45) is 5.92 Å². The number of ether oxygens (including phenoxy) is 7. The SMILES string of the molecule is C/C=C1\[C@H](O[C@@H]2O[C@H](CO)[C@@H](O)[C@H](O)[C@H]2O)OC=C(C(=O)OC)[C@H]1CC(=O)OC[C@H]1O[C@@H](OC(=O)/C=C/c2ccccc2)[C@H](O)[C@@H](O)[C@@H]1O. The van der Waals surface area contributed by atoms with Crippen LogP contribution in [-0.2, 0) is 47.5 Å². The summed E-state index contributed by atoms with van der Waals surface area (Å²) in [5.41, 5.74) is 0.733. The first kappa shape index (κ1) is 38.1. The van der Waals surface area contributed by atoms with E-state index in [2.05, 4.69) is 0 Å². The number of hydrogen-bond acceptors (Lipinski definition) is 17. The van der Waals surface area contributed by atoms with Gasteiger partial charge in [0.25, 0.3) is 0 Å². The molecule has 0 aliphatic carbocycles. The first-order chi connectivity index (χ1) is 23.4. The average molecular weight is 697 g/mol. The Labute approximate surface area is 280 Å². The van der Waals surface area contributed by atoms with Crippen LogP contribution in [0.2, 0.25) is 0 Å². The number of esters is 3. The van der Waals surface area contributed by atoms with Crippen LogP contribution < -0.4 is 0 Å². The monoisotopic (exact) mass is 696 g/mol. The van der Waals surface area contributed by atoms with Gasteiger partial charge in [0, 0.05) is 17.6 Å². The minimum absolute atomic E-state index is 0.121. The smallest absolute Gasteiger partial charge is 0.337 e. The number of aliphatic hydroxyl groups is 7. The predicted molar refractivity (Wildman–Crippen MR) is 161 cm³/mol. The maximum Gasteiger partial charge on any atom is 0.337 e. The summed E-state index contributed by atoms with van der Waals surface area (Å²) in [6, 6.07) is 8.77. The Bertz CT molecular complexity index is 1380. The van der Waals surface area contributed by atoms with Gasteiger partial charge in [0.1, 0.15) is 55.4 Å². The fourth-order valence-corrected chi connectivity index (χ4v) is 5.36. The Morgan fingerprint density at radius 1 is 0.857 bits per heavy atom. The van der Waals surface area contributed by atoms with E-state index in [4.69, 9.17) is 33.2 Å². The molecule has 12 atom stereocenters. The molecule has 4 rings (SSSR count). The van der Waals surface area contributed by atoms with Gasteiger partial charge in [-0.2, -0.15) is 0 Å². The summed E-state index contributed by atoms with van der Waals surface area (Å²) in [5, 5.41) is 71.3. The van der Waals surface area contributed by atoms with Crippen LogP contribution in [0.25, 0.3) is 6.08 Å². The standard InChI is InChI=1S/C32H40O17/c1-3-16-17(18(29(42)43-2)13-45-30(16)49-32-28(41)25(38)23(36)19(12-33)46-32)11-22(35)44-14-20-24(37)26(39)27(40)31(47-20)48-21(34)10-9-15-7-5-4-6-8-15/h3-10,13,17,19-20,23-28,30-33,36-41H,11-12,14H2,1-2H3/b10-9+,16-3-/t17-,19+,20+,23+,24+,25-,26-,27+,28+,30-,31-,32-/m0/s1. The number of allylic oxidation sites excluding steroid dienone is 1. The number of benzene rings is 1. The molecule has 0 spiro atoms. The molecule has 17 heteroatoms. The number of rotatable bonds is 11. The Morgan fingerprint density at radius 3 is 2.12 bits per heavy atom. The minimum atomic E-state index is -1.84. The van der Waals surface area contributed by atoms with Crippen molar-refractivity contribution in [3.8, 4) is 0 Å². The van der Waals surface area contributed by atoms with Crippen LogP contribution in [0.15, 0.2) is 59.9 Å². The Kier molecular flexibility index (Phi) is 13.4. The van der Waals surface area contributed by atoms with Crippen LogP contribution in [0.1, 0.15) is 18.9 Å². The van der Waals surface area contributed by atoms with Gasteiger partial charge < -0.3 is 68.9 Å². The molecule has 2 fully saturated rings. The minimum Gasteiger partial charge on any atom is -0.468 e. The zero-order valence-electron chi connectivity index (χ0n) is 26.5. The second-order valence-electron chi connectivity index (χ2n) is 11.3. The summed E-state index contributed by atoms with van der Waals surface area (Å²) >= 11 is 0. The second-order valence-corrected chi connectivity index (χ2v) is 11.3. The molecule has 0 saturated carbocycles. The largest absolute Gasteiger partial charge is 0.468 e. The quantitative estimate of drug-likeness (QED) is 0.0559. The highest BCUT2D eigenvalue weighted by atomic mass is 16.8. The molecule has 0 amide bonds. The summed E-state index contributed by atoms with van der Waals surface area (Å²) < 4.78 is 37.3. The van der Waals surface area contributed by atoms with Crippen LogP contribution >= 0.6 is 0 Å². The van der Waals surface area contributed by atoms with Gasteiger partial charge in [0.15, 0.2) is 6.29 Å². The molecule has 0 unspecified atom stereocenters. The Hall–Kier alpha value is -3.75. The van der Waals surface area contributed by atoms with Crippen LogP contribution in [0.5, 0.6) is 0 Å². The molecule has 270 valence electrons. The number of methoxy groups -OCH3 is 1. The summed E-state index contributed by atoms with van der Waals surface area (Å²) in [5.74, 6) is -3.82. The number of carbonyl (C=O) groups is 3. The van der Waals surface area contributed by atoms with Gasteiger partial charge in [-0.05, 0) is 18.6 Å². The van der Waals surface area contributed by atoms with Gasteiger partial charge in [-0.1, -0.05) is 36.4 Å². The van der Waals surface area contributed by atoms with Crippen molar-refractivity contribution in [2.75, 3.05) is 20.3 Å². The molecule has 49 heavy (non-hydrogen) atoms. The molecule has 17 nitrogen and oxygen atoms in total. The summed E-state index contributed by atoms with van der Waals surface area (Å²) in [4.78, 5) is 38.1.